The van der Waals surface area contributed by atoms with E-state index in [1.165, 1.54) is 12.1 Å². The highest BCUT2D eigenvalue weighted by Crippen LogP contribution is 2.13. The van der Waals surface area contributed by atoms with E-state index in [0.29, 0.717) is 25.1 Å². The van der Waals surface area contributed by atoms with Gasteiger partial charge in [0.15, 0.2) is 6.10 Å². The van der Waals surface area contributed by atoms with Gasteiger partial charge in [0.1, 0.15) is 5.75 Å². The second-order valence-corrected chi connectivity index (χ2v) is 7.12. The van der Waals surface area contributed by atoms with Gasteiger partial charge in [0.25, 0.3) is 5.91 Å². The van der Waals surface area contributed by atoms with Crippen LogP contribution in [0.25, 0.3) is 0 Å². The first kappa shape index (κ1) is 19.0. The predicted molar refractivity (Wildman–Crippen MR) is 95.7 cm³/mol. The smallest absolute Gasteiger partial charge is 0.261 e. The Morgan fingerprint density at radius 2 is 1.76 bits per heavy atom. The summed E-state index contributed by atoms with van der Waals surface area (Å²) in [6, 6.07) is 15.5. The lowest BCUT2D eigenvalue weighted by Crippen LogP contribution is -2.38. The summed E-state index contributed by atoms with van der Waals surface area (Å²) in [6.07, 6.45) is 0.592. The van der Waals surface area contributed by atoms with Crippen LogP contribution < -0.4 is 15.2 Å². The summed E-state index contributed by atoms with van der Waals surface area (Å²) in [6.45, 7) is 2.32. The molecule has 0 aliphatic carbocycles. The molecule has 0 aliphatic heterocycles. The van der Waals surface area contributed by atoms with Crippen molar-refractivity contribution >= 4 is 15.9 Å². The fraction of sp³-hybridized carbons (Fsp3) is 0.278. The van der Waals surface area contributed by atoms with Gasteiger partial charge in [0.05, 0.1) is 4.90 Å². The number of nitrogens with two attached hydrogens (primary N) is 1. The molecular formula is C18H22N2O4S. The van der Waals surface area contributed by atoms with Crippen molar-refractivity contribution in [2.45, 2.75) is 30.8 Å². The van der Waals surface area contributed by atoms with Gasteiger partial charge in [-0.15, -0.1) is 0 Å². The highest BCUT2D eigenvalue weighted by Gasteiger charge is 2.17. The van der Waals surface area contributed by atoms with Gasteiger partial charge >= 0.3 is 0 Å². The van der Waals surface area contributed by atoms with Crippen molar-refractivity contribution in [3.05, 3.63) is 60.2 Å². The van der Waals surface area contributed by atoms with E-state index >= 15 is 0 Å². The van der Waals surface area contributed by atoms with Gasteiger partial charge in [-0.2, -0.15) is 0 Å². The summed E-state index contributed by atoms with van der Waals surface area (Å²) in [4.78, 5) is 12.3. The summed E-state index contributed by atoms with van der Waals surface area (Å²) in [5.74, 6) is 0.482. The summed E-state index contributed by atoms with van der Waals surface area (Å²) in [7, 11) is -3.68. The fourth-order valence-corrected chi connectivity index (χ4v) is 2.79. The Balaban J connectivity index is 1.84. The van der Waals surface area contributed by atoms with E-state index in [9.17, 15) is 13.2 Å². The first-order valence-corrected chi connectivity index (χ1v) is 9.56. The van der Waals surface area contributed by atoms with Gasteiger partial charge < -0.3 is 10.1 Å². The molecule has 0 aliphatic rings. The average Bonchev–Trinajstić information content (AvgIpc) is 2.60. The van der Waals surface area contributed by atoms with E-state index in [4.69, 9.17) is 9.88 Å². The van der Waals surface area contributed by atoms with Gasteiger partial charge in [-0.1, -0.05) is 37.3 Å². The molecule has 0 radical (unpaired) electrons. The van der Waals surface area contributed by atoms with E-state index in [0.717, 1.165) is 5.56 Å². The number of carbonyl (C=O) groups excluding carboxylic acids is 1. The van der Waals surface area contributed by atoms with Gasteiger partial charge in [-0.25, -0.2) is 13.6 Å². The van der Waals surface area contributed by atoms with Gasteiger partial charge in [-0.05, 0) is 42.7 Å². The van der Waals surface area contributed by atoms with Crippen molar-refractivity contribution < 1.29 is 17.9 Å². The topological polar surface area (TPSA) is 98.5 Å². The molecule has 3 N–H and O–H groups in total. The molecule has 25 heavy (non-hydrogen) atoms. The van der Waals surface area contributed by atoms with Crippen LogP contribution in [0, 0.1) is 0 Å². The van der Waals surface area contributed by atoms with E-state index in [2.05, 4.69) is 5.32 Å². The minimum Gasteiger partial charge on any atom is -0.481 e. The molecule has 2 rings (SSSR count). The average molecular weight is 362 g/mol. The quantitative estimate of drug-likeness (QED) is 0.749. The van der Waals surface area contributed by atoms with Crippen LogP contribution >= 0.6 is 0 Å². The third kappa shape index (κ3) is 5.88. The molecule has 2 aromatic rings. The Hall–Kier alpha value is -2.38. The van der Waals surface area contributed by atoms with Crippen molar-refractivity contribution in [1.29, 1.82) is 0 Å². The molecule has 7 heteroatoms. The van der Waals surface area contributed by atoms with Crippen molar-refractivity contribution in [2.75, 3.05) is 6.54 Å². The van der Waals surface area contributed by atoms with E-state index < -0.39 is 16.1 Å². The van der Waals surface area contributed by atoms with Crippen molar-refractivity contribution in [2.24, 2.45) is 5.14 Å². The van der Waals surface area contributed by atoms with Crippen LogP contribution in [0.3, 0.4) is 0 Å². The third-order valence-corrected chi connectivity index (χ3v) is 4.58. The highest BCUT2D eigenvalue weighted by atomic mass is 32.2. The van der Waals surface area contributed by atoms with Crippen LogP contribution in [0.5, 0.6) is 5.75 Å². The standard InChI is InChI=1S/C18H22N2O4S/c1-2-17(24-15-6-4-3-5-7-15)18(21)20-13-12-14-8-10-16(11-9-14)25(19,22)23/h3-11,17H,2,12-13H2,1H3,(H,20,21)(H2,19,22,23)/t17-/m1/s1. The summed E-state index contributed by atoms with van der Waals surface area (Å²) in [5, 5.41) is 7.90. The Bertz CT molecular complexity index is 790. The molecule has 6 nitrogen and oxygen atoms in total. The first-order valence-electron chi connectivity index (χ1n) is 8.01. The molecule has 2 aromatic carbocycles. The number of hydrogen-bond acceptors (Lipinski definition) is 4. The predicted octanol–water partition coefficient (Wildman–Crippen LogP) is 1.85. The lowest BCUT2D eigenvalue weighted by atomic mass is 10.1. The number of ether oxygens (including phenoxy) is 1. The molecule has 0 saturated carbocycles. The van der Waals surface area contributed by atoms with E-state index in [1.54, 1.807) is 12.1 Å². The first-order chi connectivity index (χ1) is 11.9. The number of para-hydroxylation sites is 1. The molecule has 0 unspecified atom stereocenters. The van der Waals surface area contributed by atoms with Gasteiger partial charge in [-0.3, -0.25) is 4.79 Å². The number of amides is 1. The van der Waals surface area contributed by atoms with E-state index in [1.807, 2.05) is 37.3 Å². The zero-order valence-electron chi connectivity index (χ0n) is 14.0. The maximum absolute atomic E-state index is 12.2. The fourth-order valence-electron chi connectivity index (χ4n) is 2.28. The molecule has 0 aromatic heterocycles. The lowest BCUT2D eigenvalue weighted by molar-refractivity contribution is -0.128. The number of nitrogens with one attached hydrogen (secondary N) is 1. The minimum absolute atomic E-state index is 0.0718. The zero-order valence-corrected chi connectivity index (χ0v) is 14.8. The minimum atomic E-state index is -3.68. The van der Waals surface area contributed by atoms with Gasteiger partial charge in [0, 0.05) is 6.54 Å². The number of carbonyl (C=O) groups is 1. The van der Waals surface area contributed by atoms with Crippen LogP contribution in [0.15, 0.2) is 59.5 Å². The summed E-state index contributed by atoms with van der Waals surface area (Å²) < 4.78 is 28.1. The highest BCUT2D eigenvalue weighted by molar-refractivity contribution is 7.89. The Morgan fingerprint density at radius 1 is 1.12 bits per heavy atom. The number of hydrogen-bond donors (Lipinski definition) is 2. The third-order valence-electron chi connectivity index (χ3n) is 3.65. The molecule has 1 atom stereocenters. The van der Waals surface area contributed by atoms with Crippen molar-refractivity contribution in [1.82, 2.24) is 5.32 Å². The SMILES string of the molecule is CC[C@@H](Oc1ccccc1)C(=O)NCCc1ccc(S(N)(=O)=O)cc1. The van der Waals surface area contributed by atoms with Crippen LogP contribution in [0.4, 0.5) is 0 Å². The summed E-state index contributed by atoms with van der Waals surface area (Å²) in [5.41, 5.74) is 0.907. The number of benzene rings is 2. The Labute approximate surface area is 148 Å². The van der Waals surface area contributed by atoms with Crippen LogP contribution in [0.2, 0.25) is 0 Å². The summed E-state index contributed by atoms with van der Waals surface area (Å²) >= 11 is 0. The second kappa shape index (κ2) is 8.64. The van der Waals surface area contributed by atoms with Crippen LogP contribution in [0.1, 0.15) is 18.9 Å². The molecule has 0 bridgehead atoms. The van der Waals surface area contributed by atoms with Crippen molar-refractivity contribution in [3.8, 4) is 5.75 Å². The number of primary sulfonamides is 1. The molecule has 0 heterocycles. The molecule has 1 amide bonds. The molecule has 134 valence electrons. The Morgan fingerprint density at radius 3 is 2.32 bits per heavy atom. The molecule has 0 spiro atoms. The number of sulfonamides is 1. The largest absolute Gasteiger partial charge is 0.481 e. The normalized spacial score (nSPS) is 12.4. The van der Waals surface area contributed by atoms with Crippen LogP contribution in [-0.4, -0.2) is 27.0 Å². The maximum Gasteiger partial charge on any atom is 0.261 e. The molecule has 0 saturated heterocycles. The van der Waals surface area contributed by atoms with E-state index in [-0.39, 0.29) is 10.8 Å². The second-order valence-electron chi connectivity index (χ2n) is 5.56. The van der Waals surface area contributed by atoms with Crippen molar-refractivity contribution in [3.63, 3.8) is 0 Å². The maximum atomic E-state index is 12.2. The lowest BCUT2D eigenvalue weighted by Gasteiger charge is -2.17. The van der Waals surface area contributed by atoms with Crippen LogP contribution in [-0.2, 0) is 21.2 Å². The monoisotopic (exact) mass is 362 g/mol. The molecular weight excluding hydrogens is 340 g/mol. The zero-order chi connectivity index (χ0) is 18.3. The molecule has 0 fully saturated rings. The van der Waals surface area contributed by atoms with Gasteiger partial charge in [0.2, 0.25) is 10.0 Å². The Kier molecular flexibility index (Phi) is 6.55. The number of rotatable bonds is 8.